The Morgan fingerprint density at radius 3 is 2.50 bits per heavy atom. The van der Waals surface area contributed by atoms with Gasteiger partial charge in [-0.2, -0.15) is 0 Å². The van der Waals surface area contributed by atoms with Crippen molar-refractivity contribution < 1.29 is 4.42 Å². The van der Waals surface area contributed by atoms with Crippen molar-refractivity contribution >= 4 is 12.2 Å². The molecule has 0 aliphatic heterocycles. The maximum atomic E-state index is 5.94. The highest BCUT2D eigenvalue weighted by Gasteiger charge is 2.07. The second kappa shape index (κ2) is 11.9. The maximum Gasteiger partial charge on any atom is 0.240 e. The zero-order chi connectivity index (χ0) is 21.1. The Kier molecular flexibility index (Phi) is 9.89. The molecule has 0 spiro atoms. The van der Waals surface area contributed by atoms with Crippen LogP contribution in [0.1, 0.15) is 56.2 Å². The molecule has 0 amide bonds. The van der Waals surface area contributed by atoms with E-state index in [2.05, 4.69) is 48.8 Å². The number of hydrogen-bond donors (Lipinski definition) is 1. The number of aromatic nitrogens is 2. The summed E-state index contributed by atoms with van der Waals surface area (Å²) in [6.07, 6.45) is 10.2. The van der Waals surface area contributed by atoms with Gasteiger partial charge >= 0.3 is 0 Å². The normalized spacial score (nSPS) is 13.2. The van der Waals surface area contributed by atoms with E-state index in [9.17, 15) is 0 Å². The third-order valence-corrected chi connectivity index (χ3v) is 4.15. The molecule has 0 aliphatic rings. The molecule has 1 aromatic carbocycles. The molecule has 4 nitrogen and oxygen atoms in total. The molecule has 0 saturated heterocycles. The molecular weight excluding hydrogens is 346 g/mol. The van der Waals surface area contributed by atoms with E-state index >= 15 is 0 Å². The van der Waals surface area contributed by atoms with Crippen molar-refractivity contribution in [2.75, 3.05) is 0 Å². The van der Waals surface area contributed by atoms with E-state index in [1.807, 2.05) is 52.0 Å². The minimum absolute atomic E-state index is 0.0682. The Morgan fingerprint density at radius 2 is 1.93 bits per heavy atom. The number of aryl methyl sites for hydroxylation is 2. The fourth-order valence-corrected chi connectivity index (χ4v) is 2.58. The van der Waals surface area contributed by atoms with E-state index < -0.39 is 0 Å². The van der Waals surface area contributed by atoms with E-state index in [1.54, 1.807) is 6.08 Å². The average molecular weight is 380 g/mol. The van der Waals surface area contributed by atoms with Crippen LogP contribution in [0.2, 0.25) is 0 Å². The molecule has 0 bridgehead atoms. The van der Waals surface area contributed by atoms with Gasteiger partial charge < -0.3 is 10.2 Å². The first-order valence-corrected chi connectivity index (χ1v) is 9.75. The van der Waals surface area contributed by atoms with Crippen LogP contribution in [0.4, 0.5) is 0 Å². The van der Waals surface area contributed by atoms with E-state index in [0.29, 0.717) is 18.2 Å². The second-order valence-electron chi connectivity index (χ2n) is 6.40. The lowest BCUT2D eigenvalue weighted by atomic mass is 10.0. The first-order valence-electron chi connectivity index (χ1n) is 9.75. The first-order chi connectivity index (χ1) is 13.4. The number of benzene rings is 1. The van der Waals surface area contributed by atoms with Gasteiger partial charge in [0.15, 0.2) is 0 Å². The van der Waals surface area contributed by atoms with Gasteiger partial charge in [-0.3, -0.25) is 0 Å². The lowest BCUT2D eigenvalue weighted by Crippen LogP contribution is -2.16. The van der Waals surface area contributed by atoms with Gasteiger partial charge in [0.05, 0.1) is 6.42 Å². The standard InChI is InChI=1S/C22H27N3O.C2H6/c1-6-18(13-19(7-2)17(5)23)14-22-25-24-21(26-22)11-10-20-9-8-15(3)12-16(20)4;1-2/h6-13,17H,2,14,23H2,1,3-5H3;1-2H3/b11-10+,18-6+,19-13+;. The van der Waals surface area contributed by atoms with E-state index in [1.165, 1.54) is 11.1 Å². The van der Waals surface area contributed by atoms with Gasteiger partial charge in [0.25, 0.3) is 0 Å². The maximum absolute atomic E-state index is 5.94. The molecule has 150 valence electrons. The summed E-state index contributed by atoms with van der Waals surface area (Å²) in [5.41, 5.74) is 11.6. The third-order valence-electron chi connectivity index (χ3n) is 4.15. The highest BCUT2D eigenvalue weighted by atomic mass is 16.4. The molecule has 2 rings (SSSR count). The van der Waals surface area contributed by atoms with Crippen LogP contribution in [0.25, 0.3) is 12.2 Å². The predicted octanol–water partition coefficient (Wildman–Crippen LogP) is 5.83. The SMILES string of the molecule is C=C/C(=C\C(=C/C)Cc1nnc(/C=C/c2ccc(C)cc2C)o1)C(C)N.CC. The van der Waals surface area contributed by atoms with Crippen LogP contribution < -0.4 is 5.73 Å². The largest absolute Gasteiger partial charge is 0.421 e. The molecule has 0 aliphatic carbocycles. The zero-order valence-corrected chi connectivity index (χ0v) is 18.0. The quantitative estimate of drug-likeness (QED) is 0.615. The predicted molar refractivity (Wildman–Crippen MR) is 120 cm³/mol. The fraction of sp³-hybridized carbons (Fsp3) is 0.333. The fourth-order valence-electron chi connectivity index (χ4n) is 2.58. The Morgan fingerprint density at radius 1 is 1.21 bits per heavy atom. The summed E-state index contributed by atoms with van der Waals surface area (Å²) in [4.78, 5) is 0. The van der Waals surface area contributed by atoms with E-state index in [4.69, 9.17) is 10.2 Å². The summed E-state index contributed by atoms with van der Waals surface area (Å²) < 4.78 is 5.74. The summed E-state index contributed by atoms with van der Waals surface area (Å²) in [6.45, 7) is 15.9. The van der Waals surface area contributed by atoms with Gasteiger partial charge in [-0.1, -0.05) is 62.4 Å². The molecular formula is C24H33N3O. The van der Waals surface area contributed by atoms with Crippen LogP contribution in [0, 0.1) is 13.8 Å². The Balaban J connectivity index is 0.00000190. The van der Waals surface area contributed by atoms with E-state index in [0.717, 1.165) is 16.7 Å². The van der Waals surface area contributed by atoms with Gasteiger partial charge in [0.1, 0.15) is 0 Å². The third kappa shape index (κ3) is 7.12. The van der Waals surface area contributed by atoms with Crippen LogP contribution in [0.5, 0.6) is 0 Å². The van der Waals surface area contributed by atoms with Crippen molar-refractivity contribution in [1.82, 2.24) is 10.2 Å². The lowest BCUT2D eigenvalue weighted by molar-refractivity contribution is 0.496. The number of rotatable bonds is 7. The molecule has 2 aromatic rings. The number of hydrogen-bond acceptors (Lipinski definition) is 4. The number of nitrogens with zero attached hydrogens (tertiary/aromatic N) is 2. The Bertz CT molecular complexity index is 854. The molecule has 0 radical (unpaired) electrons. The zero-order valence-electron chi connectivity index (χ0n) is 18.0. The van der Waals surface area contributed by atoms with Crippen molar-refractivity contribution in [3.8, 4) is 0 Å². The van der Waals surface area contributed by atoms with Crippen molar-refractivity contribution in [1.29, 1.82) is 0 Å². The summed E-state index contributed by atoms with van der Waals surface area (Å²) in [5.74, 6) is 1.07. The van der Waals surface area contributed by atoms with Crippen molar-refractivity contribution in [2.24, 2.45) is 5.73 Å². The Labute approximate surface area is 169 Å². The lowest BCUT2D eigenvalue weighted by Gasteiger charge is -2.07. The molecule has 0 fully saturated rings. The van der Waals surface area contributed by atoms with Gasteiger partial charge in [-0.15, -0.1) is 10.2 Å². The molecule has 0 saturated carbocycles. The van der Waals surface area contributed by atoms with Crippen LogP contribution in [0.15, 0.2) is 58.6 Å². The topological polar surface area (TPSA) is 64.9 Å². The van der Waals surface area contributed by atoms with Crippen LogP contribution >= 0.6 is 0 Å². The summed E-state index contributed by atoms with van der Waals surface area (Å²) in [7, 11) is 0. The minimum Gasteiger partial charge on any atom is -0.421 e. The van der Waals surface area contributed by atoms with Crippen LogP contribution in [-0.4, -0.2) is 16.2 Å². The molecule has 1 aromatic heterocycles. The van der Waals surface area contributed by atoms with Gasteiger partial charge in [-0.25, -0.2) is 0 Å². The molecule has 28 heavy (non-hydrogen) atoms. The number of allylic oxidation sites excluding steroid dienone is 3. The number of nitrogens with two attached hydrogens (primary N) is 1. The van der Waals surface area contributed by atoms with Crippen LogP contribution in [0.3, 0.4) is 0 Å². The van der Waals surface area contributed by atoms with Crippen LogP contribution in [-0.2, 0) is 6.42 Å². The molecule has 1 atom stereocenters. The molecule has 1 heterocycles. The summed E-state index contributed by atoms with van der Waals surface area (Å²) in [6, 6.07) is 6.26. The van der Waals surface area contributed by atoms with Crippen molar-refractivity contribution in [3.63, 3.8) is 0 Å². The van der Waals surface area contributed by atoms with Gasteiger partial charge in [0.2, 0.25) is 11.8 Å². The molecule has 2 N–H and O–H groups in total. The average Bonchev–Trinajstić information content (AvgIpc) is 3.13. The monoisotopic (exact) mass is 379 g/mol. The van der Waals surface area contributed by atoms with Crippen molar-refractivity contribution in [2.45, 2.75) is 54.0 Å². The minimum atomic E-state index is -0.0682. The highest BCUT2D eigenvalue weighted by molar-refractivity contribution is 5.68. The highest BCUT2D eigenvalue weighted by Crippen LogP contribution is 2.16. The summed E-state index contributed by atoms with van der Waals surface area (Å²) in [5, 5.41) is 8.24. The van der Waals surface area contributed by atoms with Gasteiger partial charge in [0, 0.05) is 12.1 Å². The van der Waals surface area contributed by atoms with E-state index in [-0.39, 0.29) is 6.04 Å². The summed E-state index contributed by atoms with van der Waals surface area (Å²) >= 11 is 0. The molecule has 1 unspecified atom stereocenters. The van der Waals surface area contributed by atoms with Crippen molar-refractivity contribution in [3.05, 3.63) is 82.6 Å². The first kappa shape index (κ1) is 23.3. The Hall–Kier alpha value is -2.72. The smallest absolute Gasteiger partial charge is 0.240 e. The van der Waals surface area contributed by atoms with Gasteiger partial charge in [-0.05, 0) is 56.0 Å². The second-order valence-corrected chi connectivity index (χ2v) is 6.40. The molecule has 4 heteroatoms.